The number of rotatable bonds is 6. The van der Waals surface area contributed by atoms with Crippen LogP contribution in [0.15, 0.2) is 0 Å². The van der Waals surface area contributed by atoms with Crippen LogP contribution in [0, 0.1) is 11.8 Å². The second-order valence-electron chi connectivity index (χ2n) is 6.97. The van der Waals surface area contributed by atoms with E-state index in [1.54, 1.807) is 4.31 Å². The van der Waals surface area contributed by atoms with Gasteiger partial charge in [-0.25, -0.2) is 12.7 Å². The molecule has 0 amide bonds. The fourth-order valence-corrected chi connectivity index (χ4v) is 4.98. The number of nitrogens with one attached hydrogen (secondary N) is 1. The molecular formula is C16H32N2O2S. The van der Waals surface area contributed by atoms with Crippen molar-refractivity contribution >= 4 is 10.0 Å². The minimum absolute atomic E-state index is 0.558. The van der Waals surface area contributed by atoms with Crippen molar-refractivity contribution in [3.05, 3.63) is 0 Å². The maximum absolute atomic E-state index is 11.7. The van der Waals surface area contributed by atoms with Gasteiger partial charge in [0.2, 0.25) is 10.0 Å². The molecule has 2 aliphatic rings. The third-order valence-corrected chi connectivity index (χ3v) is 6.42. The highest BCUT2D eigenvalue weighted by molar-refractivity contribution is 7.88. The average molecular weight is 317 g/mol. The van der Waals surface area contributed by atoms with Gasteiger partial charge in [0.1, 0.15) is 0 Å². The Kier molecular flexibility index (Phi) is 6.51. The van der Waals surface area contributed by atoms with Crippen LogP contribution in [0.3, 0.4) is 0 Å². The highest BCUT2D eigenvalue weighted by Crippen LogP contribution is 2.33. The molecule has 0 aromatic carbocycles. The van der Waals surface area contributed by atoms with E-state index in [9.17, 15) is 8.42 Å². The lowest BCUT2D eigenvalue weighted by Gasteiger charge is -2.37. The first-order chi connectivity index (χ1) is 10.0. The molecule has 0 spiro atoms. The summed E-state index contributed by atoms with van der Waals surface area (Å²) >= 11 is 0. The van der Waals surface area contributed by atoms with Crippen LogP contribution < -0.4 is 5.32 Å². The quantitative estimate of drug-likeness (QED) is 0.819. The normalized spacial score (nSPS) is 32.2. The van der Waals surface area contributed by atoms with Gasteiger partial charge in [-0.05, 0) is 56.9 Å². The standard InChI is InChI=1S/C16H32N2O2S/c1-3-10-17-16-9-5-4-8-15(16)12-14-7-6-11-18(13-14)21(2,19)20/h14-17H,3-13H2,1-2H3. The second kappa shape index (κ2) is 7.93. The molecule has 0 bridgehead atoms. The third-order valence-electron chi connectivity index (χ3n) is 5.15. The molecule has 1 aliphatic carbocycles. The first-order valence-corrected chi connectivity index (χ1v) is 10.5. The minimum Gasteiger partial charge on any atom is -0.314 e. The predicted molar refractivity (Wildman–Crippen MR) is 87.8 cm³/mol. The Morgan fingerprint density at radius 3 is 2.62 bits per heavy atom. The van der Waals surface area contributed by atoms with Crippen molar-refractivity contribution in [1.29, 1.82) is 0 Å². The van der Waals surface area contributed by atoms with E-state index in [2.05, 4.69) is 12.2 Å². The Morgan fingerprint density at radius 1 is 1.14 bits per heavy atom. The Morgan fingerprint density at radius 2 is 1.90 bits per heavy atom. The van der Waals surface area contributed by atoms with Crippen LogP contribution in [0.5, 0.6) is 0 Å². The van der Waals surface area contributed by atoms with Gasteiger partial charge in [-0.1, -0.05) is 19.8 Å². The van der Waals surface area contributed by atoms with E-state index in [0.29, 0.717) is 12.0 Å². The van der Waals surface area contributed by atoms with E-state index < -0.39 is 10.0 Å². The lowest BCUT2D eigenvalue weighted by Crippen LogP contribution is -2.43. The monoisotopic (exact) mass is 316 g/mol. The Labute approximate surface area is 130 Å². The molecule has 0 radical (unpaired) electrons. The van der Waals surface area contributed by atoms with Crippen molar-refractivity contribution in [2.75, 3.05) is 25.9 Å². The summed E-state index contributed by atoms with van der Waals surface area (Å²) in [6.45, 7) is 4.80. The van der Waals surface area contributed by atoms with Gasteiger partial charge in [0.15, 0.2) is 0 Å². The Hall–Kier alpha value is -0.130. The second-order valence-corrected chi connectivity index (χ2v) is 8.95. The molecule has 1 aliphatic heterocycles. The van der Waals surface area contributed by atoms with Gasteiger partial charge >= 0.3 is 0 Å². The molecule has 3 atom stereocenters. The van der Waals surface area contributed by atoms with Crippen LogP contribution in [0.1, 0.15) is 58.3 Å². The van der Waals surface area contributed by atoms with E-state index in [1.165, 1.54) is 51.2 Å². The first kappa shape index (κ1) is 17.2. The number of sulfonamides is 1. The van der Waals surface area contributed by atoms with Crippen molar-refractivity contribution < 1.29 is 8.42 Å². The van der Waals surface area contributed by atoms with Crippen LogP contribution >= 0.6 is 0 Å². The Balaban J connectivity index is 1.89. The number of nitrogens with zero attached hydrogens (tertiary/aromatic N) is 1. The zero-order valence-corrected chi connectivity index (χ0v) is 14.5. The molecule has 4 nitrogen and oxygen atoms in total. The van der Waals surface area contributed by atoms with Crippen molar-refractivity contribution in [2.24, 2.45) is 11.8 Å². The van der Waals surface area contributed by atoms with E-state index in [-0.39, 0.29) is 0 Å². The number of hydrogen-bond donors (Lipinski definition) is 1. The predicted octanol–water partition coefficient (Wildman–Crippen LogP) is 2.61. The molecule has 124 valence electrons. The lowest BCUT2D eigenvalue weighted by molar-refractivity contribution is 0.178. The summed E-state index contributed by atoms with van der Waals surface area (Å²) in [6.07, 6.45) is 11.3. The molecule has 21 heavy (non-hydrogen) atoms. The van der Waals surface area contributed by atoms with E-state index in [1.807, 2.05) is 0 Å². The zero-order valence-electron chi connectivity index (χ0n) is 13.7. The van der Waals surface area contributed by atoms with Gasteiger partial charge in [0, 0.05) is 19.1 Å². The van der Waals surface area contributed by atoms with Gasteiger partial charge in [0.05, 0.1) is 6.26 Å². The molecule has 5 heteroatoms. The lowest BCUT2D eigenvalue weighted by atomic mass is 9.77. The van der Waals surface area contributed by atoms with Crippen LogP contribution in [0.25, 0.3) is 0 Å². The maximum atomic E-state index is 11.7. The molecule has 1 heterocycles. The van der Waals surface area contributed by atoms with Crippen LogP contribution in [-0.2, 0) is 10.0 Å². The topological polar surface area (TPSA) is 49.4 Å². The summed E-state index contributed by atoms with van der Waals surface area (Å²) in [5.41, 5.74) is 0. The fourth-order valence-electron chi connectivity index (χ4n) is 4.04. The molecular weight excluding hydrogens is 284 g/mol. The van der Waals surface area contributed by atoms with Crippen molar-refractivity contribution in [3.63, 3.8) is 0 Å². The molecule has 1 saturated carbocycles. The fraction of sp³-hybridized carbons (Fsp3) is 1.00. The summed E-state index contributed by atoms with van der Waals surface area (Å²) in [7, 11) is -3.01. The highest BCUT2D eigenvalue weighted by Gasteiger charge is 2.31. The summed E-state index contributed by atoms with van der Waals surface area (Å²) in [6, 6.07) is 0.660. The molecule has 2 fully saturated rings. The Bertz CT molecular complexity index is 411. The summed E-state index contributed by atoms with van der Waals surface area (Å²) < 4.78 is 25.2. The smallest absolute Gasteiger partial charge is 0.211 e. The van der Waals surface area contributed by atoms with Crippen molar-refractivity contribution in [3.8, 4) is 0 Å². The van der Waals surface area contributed by atoms with Gasteiger partial charge < -0.3 is 5.32 Å². The highest BCUT2D eigenvalue weighted by atomic mass is 32.2. The van der Waals surface area contributed by atoms with Crippen molar-refractivity contribution in [1.82, 2.24) is 9.62 Å². The maximum Gasteiger partial charge on any atom is 0.211 e. The van der Waals surface area contributed by atoms with E-state index in [0.717, 1.165) is 32.0 Å². The van der Waals surface area contributed by atoms with Gasteiger partial charge in [-0.15, -0.1) is 0 Å². The van der Waals surface area contributed by atoms with Crippen LogP contribution in [0.2, 0.25) is 0 Å². The van der Waals surface area contributed by atoms with Gasteiger partial charge in [-0.2, -0.15) is 0 Å². The van der Waals surface area contributed by atoms with E-state index >= 15 is 0 Å². The zero-order chi connectivity index (χ0) is 15.3. The molecule has 2 rings (SSSR count). The largest absolute Gasteiger partial charge is 0.314 e. The van der Waals surface area contributed by atoms with Crippen LogP contribution in [0.4, 0.5) is 0 Å². The SMILES string of the molecule is CCCNC1CCCCC1CC1CCCN(S(C)(=O)=O)C1. The molecule has 1 saturated heterocycles. The molecule has 1 N–H and O–H groups in total. The molecule has 0 aromatic heterocycles. The number of piperidine rings is 1. The third kappa shape index (κ3) is 5.22. The number of hydrogen-bond acceptors (Lipinski definition) is 3. The first-order valence-electron chi connectivity index (χ1n) is 8.69. The average Bonchev–Trinajstić information content (AvgIpc) is 2.46. The summed E-state index contributed by atoms with van der Waals surface area (Å²) in [5.74, 6) is 1.30. The van der Waals surface area contributed by atoms with E-state index in [4.69, 9.17) is 0 Å². The van der Waals surface area contributed by atoms with Crippen LogP contribution in [-0.4, -0.2) is 44.7 Å². The molecule has 0 aromatic rings. The summed E-state index contributed by atoms with van der Waals surface area (Å²) in [4.78, 5) is 0. The van der Waals surface area contributed by atoms with Crippen molar-refractivity contribution in [2.45, 2.75) is 64.3 Å². The molecule has 3 unspecified atom stereocenters. The van der Waals surface area contributed by atoms with Gasteiger partial charge in [0.25, 0.3) is 0 Å². The van der Waals surface area contributed by atoms with Gasteiger partial charge in [-0.3, -0.25) is 0 Å². The minimum atomic E-state index is -3.01. The summed E-state index contributed by atoms with van der Waals surface area (Å²) in [5, 5.41) is 3.72.